The molecule has 3 heteroatoms. The van der Waals surface area contributed by atoms with Gasteiger partial charge < -0.3 is 0 Å². The molecule has 0 N–H and O–H groups in total. The van der Waals surface area contributed by atoms with E-state index in [1.54, 1.807) is 0 Å². The molecular formula is C47H37N3. The summed E-state index contributed by atoms with van der Waals surface area (Å²) in [6.45, 7) is 0. The molecule has 0 aliphatic heterocycles. The average molecular weight is 644 g/mol. The minimum Gasteiger partial charge on any atom is -0.228 e. The highest BCUT2D eigenvalue weighted by molar-refractivity contribution is 5.96. The number of nitriles is 1. The Morgan fingerprint density at radius 2 is 1.20 bits per heavy atom. The van der Waals surface area contributed by atoms with Crippen LogP contribution in [0, 0.1) is 23.2 Å². The molecule has 2 atom stereocenters. The monoisotopic (exact) mass is 643 g/mol. The molecule has 240 valence electrons. The van der Waals surface area contributed by atoms with Crippen LogP contribution in [0.4, 0.5) is 0 Å². The zero-order valence-corrected chi connectivity index (χ0v) is 28.0. The summed E-state index contributed by atoms with van der Waals surface area (Å²) < 4.78 is 0. The van der Waals surface area contributed by atoms with E-state index in [4.69, 9.17) is 9.97 Å². The number of benzene rings is 6. The molecule has 0 amide bonds. The molecule has 4 fully saturated rings. The minimum atomic E-state index is 0.187. The Morgan fingerprint density at radius 3 is 2.00 bits per heavy atom. The van der Waals surface area contributed by atoms with Crippen molar-refractivity contribution in [2.24, 2.45) is 11.8 Å². The number of nitrogens with zero attached hydrogens (tertiary/aromatic N) is 3. The van der Waals surface area contributed by atoms with Gasteiger partial charge in [-0.1, -0.05) is 127 Å². The lowest BCUT2D eigenvalue weighted by Crippen LogP contribution is -2.55. The van der Waals surface area contributed by atoms with Crippen molar-refractivity contribution in [1.82, 2.24) is 9.97 Å². The van der Waals surface area contributed by atoms with Crippen molar-refractivity contribution in [1.29, 1.82) is 5.26 Å². The second kappa shape index (κ2) is 11.2. The van der Waals surface area contributed by atoms with Crippen LogP contribution in [-0.4, -0.2) is 9.97 Å². The topological polar surface area (TPSA) is 49.6 Å². The summed E-state index contributed by atoms with van der Waals surface area (Å²) in [6.07, 6.45) is 7.68. The second-order valence-corrected chi connectivity index (χ2v) is 15.3. The first-order valence-electron chi connectivity index (χ1n) is 18.1. The summed E-state index contributed by atoms with van der Waals surface area (Å²) in [5.74, 6) is 2.27. The van der Waals surface area contributed by atoms with Crippen LogP contribution in [0.5, 0.6) is 0 Å². The van der Waals surface area contributed by atoms with Gasteiger partial charge >= 0.3 is 0 Å². The third kappa shape index (κ3) is 4.70. The quantitative estimate of drug-likeness (QED) is 0.187. The molecule has 0 spiro atoms. The van der Waals surface area contributed by atoms with E-state index < -0.39 is 0 Å². The van der Waals surface area contributed by atoms with Crippen LogP contribution in [0.2, 0.25) is 0 Å². The number of rotatable bonds is 5. The first-order chi connectivity index (χ1) is 24.6. The Balaban J connectivity index is 1.04. The van der Waals surface area contributed by atoms with Gasteiger partial charge in [-0.25, -0.2) is 9.97 Å². The number of hydrogen-bond donors (Lipinski definition) is 0. The van der Waals surface area contributed by atoms with Gasteiger partial charge in [0.15, 0.2) is 5.82 Å². The van der Waals surface area contributed by atoms with Crippen molar-refractivity contribution in [2.75, 3.05) is 0 Å². The fraction of sp³-hybridized carbons (Fsp3) is 0.213. The largest absolute Gasteiger partial charge is 0.228 e. The lowest BCUT2D eigenvalue weighted by Gasteiger charge is -2.63. The Hall–Kier alpha value is -5.59. The van der Waals surface area contributed by atoms with Crippen molar-refractivity contribution in [3.05, 3.63) is 156 Å². The van der Waals surface area contributed by atoms with Gasteiger partial charge in [0.05, 0.1) is 23.0 Å². The van der Waals surface area contributed by atoms with Crippen LogP contribution < -0.4 is 0 Å². The summed E-state index contributed by atoms with van der Waals surface area (Å²) in [5.41, 5.74) is 9.23. The summed E-state index contributed by atoms with van der Waals surface area (Å²) in [5, 5.41) is 14.4. The van der Waals surface area contributed by atoms with Gasteiger partial charge in [0.2, 0.25) is 0 Å². The predicted molar refractivity (Wildman–Crippen MR) is 203 cm³/mol. The Labute approximate surface area is 293 Å². The van der Waals surface area contributed by atoms with Gasteiger partial charge in [0.25, 0.3) is 0 Å². The fourth-order valence-corrected chi connectivity index (χ4v) is 10.5. The van der Waals surface area contributed by atoms with Crippen molar-refractivity contribution < 1.29 is 0 Å². The van der Waals surface area contributed by atoms with E-state index in [-0.39, 0.29) is 10.8 Å². The zero-order chi connectivity index (χ0) is 33.3. The van der Waals surface area contributed by atoms with Crippen LogP contribution in [-0.2, 0) is 10.8 Å². The second-order valence-electron chi connectivity index (χ2n) is 15.3. The zero-order valence-electron chi connectivity index (χ0n) is 28.0. The predicted octanol–water partition coefficient (Wildman–Crippen LogP) is 11.4. The van der Waals surface area contributed by atoms with Crippen molar-refractivity contribution in [3.8, 4) is 40.0 Å². The van der Waals surface area contributed by atoms with Crippen LogP contribution in [0.25, 0.3) is 55.4 Å². The summed E-state index contributed by atoms with van der Waals surface area (Å²) >= 11 is 0. The molecule has 3 nitrogen and oxygen atoms in total. The Morgan fingerprint density at radius 1 is 0.540 bits per heavy atom. The highest BCUT2D eigenvalue weighted by Crippen LogP contribution is 2.66. The van der Waals surface area contributed by atoms with Gasteiger partial charge in [0.1, 0.15) is 0 Å². The molecule has 0 radical (unpaired) electrons. The van der Waals surface area contributed by atoms with E-state index in [0.717, 1.165) is 56.7 Å². The van der Waals surface area contributed by atoms with Gasteiger partial charge in [0, 0.05) is 16.7 Å². The highest BCUT2D eigenvalue weighted by atomic mass is 14.9. The Kier molecular flexibility index (Phi) is 6.58. The molecule has 4 aliphatic carbocycles. The van der Waals surface area contributed by atoms with Gasteiger partial charge in [-0.3, -0.25) is 0 Å². The molecule has 0 saturated heterocycles. The van der Waals surface area contributed by atoms with E-state index >= 15 is 0 Å². The van der Waals surface area contributed by atoms with Gasteiger partial charge in [-0.05, 0) is 106 Å². The van der Waals surface area contributed by atoms with E-state index in [9.17, 15) is 5.26 Å². The molecule has 1 heterocycles. The first kappa shape index (κ1) is 29.3. The summed E-state index contributed by atoms with van der Waals surface area (Å²) in [6, 6.07) is 52.4. The third-order valence-electron chi connectivity index (χ3n) is 12.3. The summed E-state index contributed by atoms with van der Waals surface area (Å²) in [4.78, 5) is 10.4. The molecule has 4 bridgehead atoms. The fourth-order valence-electron chi connectivity index (χ4n) is 10.5. The lowest BCUT2D eigenvalue weighted by molar-refractivity contribution is -0.0280. The molecule has 4 aliphatic rings. The van der Waals surface area contributed by atoms with Crippen molar-refractivity contribution >= 4 is 21.5 Å². The summed E-state index contributed by atoms with van der Waals surface area (Å²) in [7, 11) is 0. The average Bonchev–Trinajstić information content (AvgIpc) is 3.17. The lowest BCUT2D eigenvalue weighted by atomic mass is 9.41. The first-order valence-corrected chi connectivity index (χ1v) is 18.1. The van der Waals surface area contributed by atoms with E-state index in [1.165, 1.54) is 65.8 Å². The molecule has 7 aromatic rings. The van der Waals surface area contributed by atoms with E-state index in [0.29, 0.717) is 0 Å². The van der Waals surface area contributed by atoms with Crippen LogP contribution >= 0.6 is 0 Å². The number of hydrogen-bond acceptors (Lipinski definition) is 3. The van der Waals surface area contributed by atoms with Crippen LogP contribution in [0.15, 0.2) is 140 Å². The molecule has 1 aromatic heterocycles. The van der Waals surface area contributed by atoms with E-state index in [2.05, 4.69) is 133 Å². The normalized spacial score (nSPS) is 23.7. The third-order valence-corrected chi connectivity index (χ3v) is 12.3. The molecule has 4 saturated carbocycles. The van der Waals surface area contributed by atoms with Gasteiger partial charge in [-0.2, -0.15) is 5.26 Å². The van der Waals surface area contributed by atoms with Crippen molar-refractivity contribution in [3.63, 3.8) is 0 Å². The van der Waals surface area contributed by atoms with Gasteiger partial charge in [-0.15, -0.1) is 0 Å². The van der Waals surface area contributed by atoms with E-state index in [1.807, 2.05) is 12.1 Å². The maximum absolute atomic E-state index is 9.70. The van der Waals surface area contributed by atoms with Crippen LogP contribution in [0.3, 0.4) is 0 Å². The smallest absolute Gasteiger partial charge is 0.160 e. The highest BCUT2D eigenvalue weighted by Gasteiger charge is 2.58. The molecular weight excluding hydrogens is 607 g/mol. The van der Waals surface area contributed by atoms with Crippen molar-refractivity contribution in [2.45, 2.75) is 49.4 Å². The number of fused-ring (bicyclic) bond motifs is 2. The number of aromatic nitrogens is 2. The molecule has 50 heavy (non-hydrogen) atoms. The standard InChI is InChI=1S/C47H37N3/c48-29-37-13-6-12-36-23-39(20-21-40(36)37)47-27-31-22-32(28-47)26-46(25-31,30-47)38-18-16-35(17-19-38)45-49-43(34-9-2-1-3-10-34)24-44(50-45)42-15-7-11-33-8-4-5-14-41(33)42/h1-21,23-24,31-32H,22,25-28,30H2. The molecule has 2 unspecified atom stereocenters. The van der Waals surface area contributed by atoms with Crippen LogP contribution in [0.1, 0.15) is 55.2 Å². The Bertz CT molecular complexity index is 2450. The maximum Gasteiger partial charge on any atom is 0.160 e. The SMILES string of the molecule is N#Cc1cccc2cc(C34CC5CC(CC(c6ccc(-c7nc(-c8ccccc8)cc(-c8cccc9ccccc89)n7)cc6)(C5)C3)C4)ccc12. The molecule has 11 rings (SSSR count). The maximum atomic E-state index is 9.70. The molecule has 6 aromatic carbocycles. The minimum absolute atomic E-state index is 0.187.